The molecule has 0 bridgehead atoms. The standard InChI is InChI=1S/C14H15ClF3N3O/c1-3-8-21(9-4-7-14(16,17)18)13-6-5-11(10-12(13)15)20(2)19-22/h5-6,10H,3,8-9H2,1-2H3. The van der Waals surface area contributed by atoms with Crippen LogP contribution in [0, 0.1) is 16.7 Å². The fraction of sp³-hybridized carbons (Fsp3) is 0.429. The Bertz CT molecular complexity index is 581. The van der Waals surface area contributed by atoms with E-state index in [-0.39, 0.29) is 6.54 Å². The Labute approximate surface area is 131 Å². The van der Waals surface area contributed by atoms with E-state index in [9.17, 15) is 18.1 Å². The Kier molecular flexibility index (Phi) is 6.50. The first kappa shape index (κ1) is 18.1. The van der Waals surface area contributed by atoms with Crippen LogP contribution in [0.2, 0.25) is 5.02 Å². The van der Waals surface area contributed by atoms with E-state index in [4.69, 9.17) is 11.6 Å². The SMILES string of the molecule is CCCN(CC#CC(F)(F)F)c1ccc(N(C)N=O)cc1Cl. The molecular weight excluding hydrogens is 319 g/mol. The molecule has 0 heterocycles. The van der Waals surface area contributed by atoms with Crippen LogP contribution in [0.15, 0.2) is 23.5 Å². The van der Waals surface area contributed by atoms with E-state index in [1.165, 1.54) is 19.0 Å². The Morgan fingerprint density at radius 2 is 2.05 bits per heavy atom. The van der Waals surface area contributed by atoms with Crippen molar-refractivity contribution in [2.45, 2.75) is 19.5 Å². The molecule has 0 aliphatic heterocycles. The van der Waals surface area contributed by atoms with Gasteiger partial charge in [0.05, 0.1) is 28.2 Å². The van der Waals surface area contributed by atoms with Gasteiger partial charge in [0, 0.05) is 19.5 Å². The molecule has 120 valence electrons. The van der Waals surface area contributed by atoms with Gasteiger partial charge in [0.25, 0.3) is 0 Å². The third-order valence-electron chi connectivity index (χ3n) is 2.76. The van der Waals surface area contributed by atoms with E-state index < -0.39 is 6.18 Å². The van der Waals surface area contributed by atoms with Crippen LogP contribution in [-0.4, -0.2) is 26.3 Å². The van der Waals surface area contributed by atoms with Crippen LogP contribution in [0.1, 0.15) is 13.3 Å². The largest absolute Gasteiger partial charge is 0.457 e. The van der Waals surface area contributed by atoms with Gasteiger partial charge < -0.3 is 4.90 Å². The zero-order valence-corrected chi connectivity index (χ0v) is 12.9. The topological polar surface area (TPSA) is 35.9 Å². The van der Waals surface area contributed by atoms with Gasteiger partial charge in [0.1, 0.15) is 0 Å². The van der Waals surface area contributed by atoms with Crippen molar-refractivity contribution in [1.29, 1.82) is 0 Å². The highest BCUT2D eigenvalue weighted by atomic mass is 35.5. The normalized spacial score (nSPS) is 10.6. The van der Waals surface area contributed by atoms with E-state index in [1.54, 1.807) is 17.0 Å². The fourth-order valence-electron chi connectivity index (χ4n) is 1.79. The summed E-state index contributed by atoms with van der Waals surface area (Å²) in [5, 5.41) is 4.17. The van der Waals surface area contributed by atoms with Crippen molar-refractivity contribution in [3.63, 3.8) is 0 Å². The molecule has 0 saturated carbocycles. The maximum Gasteiger partial charge on any atom is 0.457 e. The Balaban J connectivity index is 3.00. The molecule has 0 radical (unpaired) electrons. The number of nitrogens with zero attached hydrogens (tertiary/aromatic N) is 3. The Morgan fingerprint density at radius 1 is 1.36 bits per heavy atom. The molecule has 1 aromatic carbocycles. The van der Waals surface area contributed by atoms with Crippen LogP contribution in [0.3, 0.4) is 0 Å². The highest BCUT2D eigenvalue weighted by molar-refractivity contribution is 6.33. The van der Waals surface area contributed by atoms with Gasteiger partial charge in [-0.15, -0.1) is 4.91 Å². The molecule has 0 amide bonds. The van der Waals surface area contributed by atoms with Gasteiger partial charge in [-0.2, -0.15) is 13.2 Å². The monoisotopic (exact) mass is 333 g/mol. The predicted octanol–water partition coefficient (Wildman–Crippen LogP) is 4.24. The van der Waals surface area contributed by atoms with Gasteiger partial charge in [0.2, 0.25) is 0 Å². The summed E-state index contributed by atoms with van der Waals surface area (Å²) < 4.78 is 36.3. The molecule has 0 N–H and O–H groups in total. The van der Waals surface area contributed by atoms with Gasteiger partial charge >= 0.3 is 6.18 Å². The van der Waals surface area contributed by atoms with Gasteiger partial charge in [-0.25, -0.2) is 5.01 Å². The number of alkyl halides is 3. The van der Waals surface area contributed by atoms with Crippen molar-refractivity contribution in [2.24, 2.45) is 5.29 Å². The molecule has 4 nitrogen and oxygen atoms in total. The summed E-state index contributed by atoms with van der Waals surface area (Å²) in [7, 11) is 1.47. The van der Waals surface area contributed by atoms with E-state index in [0.717, 1.165) is 11.4 Å². The number of halogens is 4. The maximum atomic E-state index is 12.1. The molecule has 1 rings (SSSR count). The first-order chi connectivity index (χ1) is 10.3. The minimum absolute atomic E-state index is 0.0891. The zero-order chi connectivity index (χ0) is 16.8. The van der Waals surface area contributed by atoms with Gasteiger partial charge in [0.15, 0.2) is 0 Å². The first-order valence-corrected chi connectivity index (χ1v) is 6.84. The minimum Gasteiger partial charge on any atom is -0.359 e. The van der Waals surface area contributed by atoms with Crippen molar-refractivity contribution >= 4 is 23.0 Å². The zero-order valence-electron chi connectivity index (χ0n) is 12.1. The summed E-state index contributed by atoms with van der Waals surface area (Å²) in [6, 6.07) is 4.77. The molecule has 0 aromatic heterocycles. The van der Waals surface area contributed by atoms with Crippen molar-refractivity contribution in [1.82, 2.24) is 0 Å². The number of hydrogen-bond acceptors (Lipinski definition) is 3. The van der Waals surface area contributed by atoms with E-state index in [0.29, 0.717) is 22.9 Å². The first-order valence-electron chi connectivity index (χ1n) is 6.46. The molecule has 0 saturated heterocycles. The van der Waals surface area contributed by atoms with Crippen molar-refractivity contribution in [2.75, 3.05) is 30.0 Å². The van der Waals surface area contributed by atoms with Crippen LogP contribution >= 0.6 is 11.6 Å². The summed E-state index contributed by atoms with van der Waals surface area (Å²) >= 11 is 6.15. The van der Waals surface area contributed by atoms with Crippen LogP contribution < -0.4 is 9.91 Å². The Hall–Kier alpha value is -1.94. The maximum absolute atomic E-state index is 12.1. The smallest absolute Gasteiger partial charge is 0.359 e. The lowest BCUT2D eigenvalue weighted by Gasteiger charge is -2.23. The summed E-state index contributed by atoms with van der Waals surface area (Å²) in [6.07, 6.45) is -3.79. The quantitative estimate of drug-likeness (QED) is 0.444. The van der Waals surface area contributed by atoms with Crippen LogP contribution in [0.4, 0.5) is 24.5 Å². The van der Waals surface area contributed by atoms with Crippen molar-refractivity contribution in [3.8, 4) is 11.8 Å². The lowest BCUT2D eigenvalue weighted by molar-refractivity contribution is -0.0697. The average Bonchev–Trinajstić information content (AvgIpc) is 2.44. The lowest BCUT2D eigenvalue weighted by Crippen LogP contribution is -2.25. The van der Waals surface area contributed by atoms with Gasteiger partial charge in [-0.05, 0) is 24.6 Å². The van der Waals surface area contributed by atoms with Crippen LogP contribution in [0.25, 0.3) is 0 Å². The second kappa shape index (κ2) is 7.90. The van der Waals surface area contributed by atoms with E-state index in [1.807, 2.05) is 6.92 Å². The second-order valence-electron chi connectivity index (χ2n) is 4.46. The number of hydrogen-bond donors (Lipinski definition) is 0. The molecule has 22 heavy (non-hydrogen) atoms. The molecule has 0 spiro atoms. The molecular formula is C14H15ClF3N3O. The van der Waals surface area contributed by atoms with Crippen LogP contribution in [-0.2, 0) is 0 Å². The lowest BCUT2D eigenvalue weighted by atomic mass is 10.2. The summed E-state index contributed by atoms with van der Waals surface area (Å²) in [5.41, 5.74) is 1.05. The molecule has 0 atom stereocenters. The van der Waals surface area contributed by atoms with Gasteiger partial charge in [-0.3, -0.25) is 0 Å². The molecule has 0 fully saturated rings. The van der Waals surface area contributed by atoms with Crippen molar-refractivity contribution < 1.29 is 13.2 Å². The third kappa shape index (κ3) is 5.45. The number of anilines is 2. The number of nitroso groups, excluding NO2 is 1. The van der Waals surface area contributed by atoms with Crippen molar-refractivity contribution in [3.05, 3.63) is 28.1 Å². The highest BCUT2D eigenvalue weighted by Crippen LogP contribution is 2.30. The third-order valence-corrected chi connectivity index (χ3v) is 3.06. The summed E-state index contributed by atoms with van der Waals surface area (Å²) in [6.45, 7) is 2.32. The number of benzene rings is 1. The van der Waals surface area contributed by atoms with E-state index >= 15 is 0 Å². The molecule has 0 aliphatic carbocycles. The summed E-state index contributed by atoms with van der Waals surface area (Å²) in [4.78, 5) is 12.1. The van der Waals surface area contributed by atoms with Crippen LogP contribution in [0.5, 0.6) is 0 Å². The minimum atomic E-state index is -4.51. The molecule has 0 unspecified atom stereocenters. The summed E-state index contributed by atoms with van der Waals surface area (Å²) in [5.74, 6) is 3.34. The fourth-order valence-corrected chi connectivity index (χ4v) is 2.08. The molecule has 1 aromatic rings. The average molecular weight is 334 g/mol. The van der Waals surface area contributed by atoms with Gasteiger partial charge in [-0.1, -0.05) is 24.4 Å². The Morgan fingerprint density at radius 3 is 2.55 bits per heavy atom. The molecule has 0 aliphatic rings. The second-order valence-corrected chi connectivity index (χ2v) is 4.87. The number of rotatable bonds is 6. The van der Waals surface area contributed by atoms with E-state index in [2.05, 4.69) is 11.2 Å². The predicted molar refractivity (Wildman–Crippen MR) is 82.0 cm³/mol. The highest BCUT2D eigenvalue weighted by Gasteiger charge is 2.23. The molecule has 8 heteroatoms.